The topological polar surface area (TPSA) is 0 Å². The van der Waals surface area contributed by atoms with Gasteiger partial charge in [0.2, 0.25) is 0 Å². The van der Waals surface area contributed by atoms with E-state index in [-0.39, 0.29) is 0 Å². The van der Waals surface area contributed by atoms with Gasteiger partial charge in [0.05, 0.1) is 16.1 Å². The summed E-state index contributed by atoms with van der Waals surface area (Å²) in [4.78, 5) is 0. The number of unbranched alkanes of at least 4 members (excludes halogenated alkanes) is 16. The smallest absolute Gasteiger partial charge is 0.0656 e. The highest BCUT2D eigenvalue weighted by atomic mass is 28.3. The summed E-state index contributed by atoms with van der Waals surface area (Å²) >= 11 is 0. The van der Waals surface area contributed by atoms with E-state index in [0.717, 1.165) is 0 Å². The molecule has 0 nitrogen and oxygen atoms in total. The van der Waals surface area contributed by atoms with Crippen molar-refractivity contribution in [3.63, 3.8) is 0 Å². The van der Waals surface area contributed by atoms with Gasteiger partial charge in [0.1, 0.15) is 8.07 Å². The van der Waals surface area contributed by atoms with Crippen molar-refractivity contribution >= 4 is 45.0 Å². The zero-order valence-electron chi connectivity index (χ0n) is 30.1. The summed E-state index contributed by atoms with van der Waals surface area (Å²) in [6.45, 7) is 19.9. The lowest BCUT2D eigenvalue weighted by Gasteiger charge is -2.32. The highest BCUT2D eigenvalue weighted by molar-refractivity contribution is 7.06. The molecule has 0 bridgehead atoms. The SMILES string of the molecule is CCCCCCCCCCC[Si]1(CCCCCCCCCCC)c2cc([Si](C)(C)C)ccc2-c2ccc([Si](C)(C)C)cc21. The second kappa shape index (κ2) is 17.7. The summed E-state index contributed by atoms with van der Waals surface area (Å²) < 4.78 is 0. The van der Waals surface area contributed by atoms with Gasteiger partial charge in [-0.15, -0.1) is 0 Å². The average molecular weight is 635 g/mol. The van der Waals surface area contributed by atoms with Crippen LogP contribution in [-0.2, 0) is 0 Å². The average Bonchev–Trinajstić information content (AvgIpc) is 3.23. The van der Waals surface area contributed by atoms with Gasteiger partial charge in [-0.3, -0.25) is 0 Å². The second-order valence-electron chi connectivity index (χ2n) is 16.3. The molecule has 0 aliphatic carbocycles. The third-order valence-electron chi connectivity index (χ3n) is 10.5. The Morgan fingerprint density at radius 1 is 0.419 bits per heavy atom. The van der Waals surface area contributed by atoms with E-state index in [4.69, 9.17) is 0 Å². The number of hydrogen-bond acceptors (Lipinski definition) is 0. The van der Waals surface area contributed by atoms with Crippen molar-refractivity contribution < 1.29 is 0 Å². The van der Waals surface area contributed by atoms with E-state index in [0.29, 0.717) is 0 Å². The third-order valence-corrected chi connectivity index (χ3v) is 19.9. The lowest BCUT2D eigenvalue weighted by molar-refractivity contribution is 0.569. The summed E-state index contributed by atoms with van der Waals surface area (Å²) in [6, 6.07) is 18.7. The zero-order valence-corrected chi connectivity index (χ0v) is 33.1. The first-order valence-corrected chi connectivity index (χ1v) is 28.3. The second-order valence-corrected chi connectivity index (χ2v) is 30.7. The van der Waals surface area contributed by atoms with Crippen LogP contribution in [0.5, 0.6) is 0 Å². The first kappa shape index (κ1) is 36.6. The minimum absolute atomic E-state index is 1.35. The van der Waals surface area contributed by atoms with Gasteiger partial charge in [-0.1, -0.05) is 215 Å². The molecular weight excluding hydrogens is 565 g/mol. The Morgan fingerprint density at radius 2 is 0.721 bits per heavy atom. The molecule has 3 heteroatoms. The standard InChI is InChI=1S/C40H70Si3/c1-9-11-13-15-17-19-21-23-25-31-43(32-26-24-22-20-18-16-14-12-10-2)39-33-35(41(3,4)5)27-29-37(39)38-30-28-36(34-40(38)43)42(6,7)8/h27-30,33-34H,9-26,31-32H2,1-8H3. The normalized spacial score (nSPS) is 14.2. The lowest BCUT2D eigenvalue weighted by Crippen LogP contribution is -2.57. The van der Waals surface area contributed by atoms with Crippen LogP contribution in [0.2, 0.25) is 51.4 Å². The Labute approximate surface area is 272 Å². The summed E-state index contributed by atoms with van der Waals surface area (Å²) in [5.74, 6) is 0. The molecule has 242 valence electrons. The van der Waals surface area contributed by atoms with Crippen LogP contribution in [0, 0.1) is 0 Å². The van der Waals surface area contributed by atoms with Gasteiger partial charge in [0.25, 0.3) is 0 Å². The highest BCUT2D eigenvalue weighted by Crippen LogP contribution is 2.35. The molecule has 0 saturated heterocycles. The third kappa shape index (κ3) is 10.6. The van der Waals surface area contributed by atoms with Gasteiger partial charge in [-0.2, -0.15) is 0 Å². The molecule has 0 N–H and O–H groups in total. The van der Waals surface area contributed by atoms with Crippen LogP contribution in [0.25, 0.3) is 11.1 Å². The van der Waals surface area contributed by atoms with E-state index in [9.17, 15) is 0 Å². The molecule has 2 aromatic rings. The summed E-state index contributed by atoms with van der Waals surface area (Å²) in [5.41, 5.74) is 3.25. The van der Waals surface area contributed by atoms with E-state index in [2.05, 4.69) is 89.5 Å². The lowest BCUT2D eigenvalue weighted by atomic mass is 10.1. The minimum atomic E-state index is -1.82. The maximum absolute atomic E-state index is 2.78. The molecule has 3 rings (SSSR count). The maximum atomic E-state index is 2.78. The molecule has 1 heterocycles. The van der Waals surface area contributed by atoms with Crippen molar-refractivity contribution in [3.8, 4) is 11.1 Å². The molecule has 0 unspecified atom stereocenters. The first-order valence-electron chi connectivity index (χ1n) is 18.8. The summed E-state index contributed by atoms with van der Waals surface area (Å²) in [5, 5.41) is 7.05. The Balaban J connectivity index is 1.85. The molecule has 0 atom stereocenters. The molecule has 0 saturated carbocycles. The summed E-state index contributed by atoms with van der Waals surface area (Å²) in [7, 11) is -4.58. The molecule has 0 fully saturated rings. The van der Waals surface area contributed by atoms with Crippen LogP contribution < -0.4 is 20.7 Å². The zero-order chi connectivity index (χ0) is 31.3. The Morgan fingerprint density at radius 3 is 1.02 bits per heavy atom. The van der Waals surface area contributed by atoms with Crippen molar-refractivity contribution in [2.75, 3.05) is 0 Å². The van der Waals surface area contributed by atoms with Gasteiger partial charge in [-0.05, 0) is 33.6 Å². The number of benzene rings is 2. The van der Waals surface area contributed by atoms with Crippen LogP contribution in [0.1, 0.15) is 129 Å². The fourth-order valence-electron chi connectivity index (χ4n) is 7.57. The highest BCUT2D eigenvalue weighted by Gasteiger charge is 2.45. The molecule has 0 radical (unpaired) electrons. The van der Waals surface area contributed by atoms with Gasteiger partial charge >= 0.3 is 0 Å². The number of fused-ring (bicyclic) bond motifs is 3. The minimum Gasteiger partial charge on any atom is -0.0656 e. The van der Waals surface area contributed by atoms with Crippen molar-refractivity contribution in [3.05, 3.63) is 36.4 Å². The van der Waals surface area contributed by atoms with Gasteiger partial charge in [-0.25, -0.2) is 0 Å². The van der Waals surface area contributed by atoms with E-state index >= 15 is 0 Å². The molecule has 43 heavy (non-hydrogen) atoms. The maximum Gasteiger partial charge on any atom is 0.119 e. The summed E-state index contributed by atoms with van der Waals surface area (Å²) in [6.07, 6.45) is 25.8. The fourth-order valence-corrected chi connectivity index (χ4v) is 15.8. The molecule has 0 spiro atoms. The predicted octanol–water partition coefficient (Wildman–Crippen LogP) is 11.4. The molecule has 2 aromatic carbocycles. The Hall–Kier alpha value is -0.909. The molecule has 1 aliphatic rings. The van der Waals surface area contributed by atoms with Crippen molar-refractivity contribution in [1.82, 2.24) is 0 Å². The van der Waals surface area contributed by atoms with Crippen LogP contribution >= 0.6 is 0 Å². The monoisotopic (exact) mass is 634 g/mol. The number of hydrogen-bond donors (Lipinski definition) is 0. The molecule has 0 amide bonds. The predicted molar refractivity (Wildman–Crippen MR) is 207 cm³/mol. The van der Waals surface area contributed by atoms with Crippen LogP contribution in [0.4, 0.5) is 0 Å². The molecule has 0 aromatic heterocycles. The van der Waals surface area contributed by atoms with Crippen LogP contribution in [-0.4, -0.2) is 24.2 Å². The van der Waals surface area contributed by atoms with E-state index in [1.54, 1.807) is 21.5 Å². The van der Waals surface area contributed by atoms with Gasteiger partial charge < -0.3 is 0 Å². The largest absolute Gasteiger partial charge is 0.119 e. The van der Waals surface area contributed by atoms with Crippen molar-refractivity contribution in [1.29, 1.82) is 0 Å². The van der Waals surface area contributed by atoms with Crippen molar-refractivity contribution in [2.24, 2.45) is 0 Å². The quantitative estimate of drug-likeness (QED) is 0.0893. The van der Waals surface area contributed by atoms with E-state index in [1.807, 2.05) is 10.4 Å². The van der Waals surface area contributed by atoms with Crippen molar-refractivity contribution in [2.45, 2.75) is 181 Å². The van der Waals surface area contributed by atoms with E-state index in [1.165, 1.54) is 128 Å². The molecule has 1 aliphatic heterocycles. The first-order chi connectivity index (χ1) is 20.5. The fraction of sp³-hybridized carbons (Fsp3) is 0.700. The van der Waals surface area contributed by atoms with Gasteiger partial charge in [0.15, 0.2) is 0 Å². The number of rotatable bonds is 22. The van der Waals surface area contributed by atoms with Crippen LogP contribution in [0.3, 0.4) is 0 Å². The Kier molecular flexibility index (Phi) is 15.0. The Bertz CT molecular complexity index is 1000. The van der Waals surface area contributed by atoms with Gasteiger partial charge in [0, 0.05) is 0 Å². The van der Waals surface area contributed by atoms with Crippen LogP contribution in [0.15, 0.2) is 36.4 Å². The van der Waals surface area contributed by atoms with E-state index < -0.39 is 24.2 Å². The molecular formula is C40H70Si3.